The number of pyridine rings is 1. The number of aromatic amines is 1. The van der Waals surface area contributed by atoms with Crippen LogP contribution in [0.4, 0.5) is 0 Å². The molecule has 1 aliphatic rings. The molecule has 0 saturated carbocycles. The number of nitrogens with zero attached hydrogens (tertiary/aromatic N) is 2. The van der Waals surface area contributed by atoms with Crippen molar-refractivity contribution in [1.29, 1.82) is 0 Å². The van der Waals surface area contributed by atoms with Crippen LogP contribution in [0.15, 0.2) is 12.3 Å². The van der Waals surface area contributed by atoms with E-state index in [2.05, 4.69) is 15.0 Å². The van der Waals surface area contributed by atoms with Gasteiger partial charge in [-0.05, 0) is 18.9 Å². The molecule has 0 bridgehead atoms. The van der Waals surface area contributed by atoms with Gasteiger partial charge in [0.2, 0.25) is 0 Å². The van der Waals surface area contributed by atoms with E-state index in [0.717, 1.165) is 36.3 Å². The number of nitrogens with one attached hydrogen (secondary N) is 1. The number of ether oxygens (including phenoxy) is 1. The van der Waals surface area contributed by atoms with Crippen LogP contribution in [0.1, 0.15) is 24.8 Å². The lowest BCUT2D eigenvalue weighted by atomic mass is 10.2. The molecule has 5 heteroatoms. The highest BCUT2D eigenvalue weighted by Gasteiger charge is 2.21. The van der Waals surface area contributed by atoms with Gasteiger partial charge in [-0.3, -0.25) is 0 Å². The Kier molecular flexibility index (Phi) is 2.11. The summed E-state index contributed by atoms with van der Waals surface area (Å²) < 4.78 is 5.55. The molecule has 1 atom stereocenters. The molecule has 78 valence electrons. The molecule has 2 aromatic rings. The molecule has 3 heterocycles. The van der Waals surface area contributed by atoms with E-state index < -0.39 is 0 Å². The van der Waals surface area contributed by atoms with Gasteiger partial charge >= 0.3 is 0 Å². The monoisotopic (exact) mass is 223 g/mol. The quantitative estimate of drug-likeness (QED) is 0.756. The summed E-state index contributed by atoms with van der Waals surface area (Å²) in [6, 6.07) is 1.87. The first kappa shape index (κ1) is 9.12. The fourth-order valence-corrected chi connectivity index (χ4v) is 2.07. The first-order valence-corrected chi connectivity index (χ1v) is 5.34. The van der Waals surface area contributed by atoms with Crippen molar-refractivity contribution in [2.45, 2.75) is 18.9 Å². The molecule has 0 spiro atoms. The van der Waals surface area contributed by atoms with Gasteiger partial charge < -0.3 is 9.72 Å². The highest BCUT2D eigenvalue weighted by molar-refractivity contribution is 6.33. The first-order valence-electron chi connectivity index (χ1n) is 4.96. The third kappa shape index (κ3) is 1.50. The first-order chi connectivity index (χ1) is 7.34. The number of H-pyrrole nitrogens is 1. The van der Waals surface area contributed by atoms with E-state index in [9.17, 15) is 0 Å². The maximum absolute atomic E-state index is 5.94. The zero-order valence-electron chi connectivity index (χ0n) is 8.03. The number of hydrogen-bond acceptors (Lipinski definition) is 3. The molecule has 0 aliphatic carbocycles. The molecule has 0 amide bonds. The van der Waals surface area contributed by atoms with Gasteiger partial charge in [0.1, 0.15) is 17.4 Å². The number of rotatable bonds is 1. The van der Waals surface area contributed by atoms with Crippen LogP contribution >= 0.6 is 11.6 Å². The van der Waals surface area contributed by atoms with Crippen molar-refractivity contribution in [1.82, 2.24) is 15.0 Å². The normalized spacial score (nSPS) is 21.3. The fourth-order valence-electron chi connectivity index (χ4n) is 1.87. The van der Waals surface area contributed by atoms with Crippen LogP contribution in [0.2, 0.25) is 5.15 Å². The molecule has 4 nitrogen and oxygen atoms in total. The van der Waals surface area contributed by atoms with Crippen LogP contribution in [-0.2, 0) is 4.74 Å². The summed E-state index contributed by atoms with van der Waals surface area (Å²) in [5, 5.41) is 0.438. The Bertz CT molecular complexity index is 490. The molecule has 1 fully saturated rings. The molecule has 0 unspecified atom stereocenters. The third-order valence-electron chi connectivity index (χ3n) is 2.61. The van der Waals surface area contributed by atoms with Crippen LogP contribution in [-0.4, -0.2) is 21.6 Å². The molecular formula is C10H10ClN3O. The summed E-state index contributed by atoms with van der Waals surface area (Å²) in [5.41, 5.74) is 1.64. The highest BCUT2D eigenvalue weighted by Crippen LogP contribution is 2.29. The lowest BCUT2D eigenvalue weighted by Crippen LogP contribution is -1.97. The van der Waals surface area contributed by atoms with Crippen LogP contribution in [0.5, 0.6) is 0 Å². The van der Waals surface area contributed by atoms with Crippen molar-refractivity contribution >= 4 is 22.6 Å². The van der Waals surface area contributed by atoms with Crippen molar-refractivity contribution in [3.05, 3.63) is 23.2 Å². The van der Waals surface area contributed by atoms with Gasteiger partial charge in [-0.15, -0.1) is 0 Å². The van der Waals surface area contributed by atoms with E-state index >= 15 is 0 Å². The van der Waals surface area contributed by atoms with Gasteiger partial charge in [-0.2, -0.15) is 0 Å². The van der Waals surface area contributed by atoms with Gasteiger partial charge in [0.05, 0.1) is 5.52 Å². The topological polar surface area (TPSA) is 50.8 Å². The van der Waals surface area contributed by atoms with Crippen molar-refractivity contribution < 1.29 is 4.74 Å². The fraction of sp³-hybridized carbons (Fsp3) is 0.400. The summed E-state index contributed by atoms with van der Waals surface area (Å²) in [6.45, 7) is 0.813. The van der Waals surface area contributed by atoms with Crippen molar-refractivity contribution in [2.24, 2.45) is 0 Å². The minimum Gasteiger partial charge on any atom is -0.370 e. The summed E-state index contributed by atoms with van der Waals surface area (Å²) >= 11 is 5.94. The van der Waals surface area contributed by atoms with Crippen molar-refractivity contribution in [3.8, 4) is 0 Å². The van der Waals surface area contributed by atoms with E-state index in [-0.39, 0.29) is 6.10 Å². The van der Waals surface area contributed by atoms with Crippen LogP contribution < -0.4 is 0 Å². The molecule has 1 saturated heterocycles. The van der Waals surface area contributed by atoms with Gasteiger partial charge in [0.15, 0.2) is 5.15 Å². The lowest BCUT2D eigenvalue weighted by molar-refractivity contribution is 0.106. The van der Waals surface area contributed by atoms with Crippen molar-refractivity contribution in [2.75, 3.05) is 6.61 Å². The Morgan fingerprint density at radius 3 is 3.20 bits per heavy atom. The van der Waals surface area contributed by atoms with E-state index in [1.165, 1.54) is 0 Å². The van der Waals surface area contributed by atoms with E-state index in [1.54, 1.807) is 6.20 Å². The van der Waals surface area contributed by atoms with Crippen LogP contribution in [0.25, 0.3) is 11.0 Å². The number of halogens is 1. The molecule has 0 aromatic carbocycles. The second kappa shape index (κ2) is 3.47. The standard InChI is InChI=1S/C10H10ClN3O/c11-9-8-6(3-4-12-9)13-10(14-8)7-2-1-5-15-7/h3-4,7H,1-2,5H2,(H,13,14)/t7-/m0/s1. The summed E-state index contributed by atoms with van der Waals surface area (Å²) in [7, 11) is 0. The molecular weight excluding hydrogens is 214 g/mol. The average Bonchev–Trinajstić information content (AvgIpc) is 2.86. The van der Waals surface area contributed by atoms with Gasteiger partial charge in [-0.1, -0.05) is 11.6 Å². The Morgan fingerprint density at radius 1 is 1.53 bits per heavy atom. The van der Waals surface area contributed by atoms with E-state index in [1.807, 2.05) is 6.07 Å². The van der Waals surface area contributed by atoms with Crippen LogP contribution in [0.3, 0.4) is 0 Å². The predicted molar refractivity (Wildman–Crippen MR) is 56.8 cm³/mol. The minimum absolute atomic E-state index is 0.0912. The number of hydrogen-bond donors (Lipinski definition) is 1. The Hall–Kier alpha value is -1.13. The second-order valence-electron chi connectivity index (χ2n) is 3.62. The Balaban J connectivity index is 2.09. The average molecular weight is 224 g/mol. The maximum atomic E-state index is 5.94. The zero-order chi connectivity index (χ0) is 10.3. The van der Waals surface area contributed by atoms with Gasteiger partial charge in [-0.25, -0.2) is 9.97 Å². The third-order valence-corrected chi connectivity index (χ3v) is 2.89. The van der Waals surface area contributed by atoms with E-state index in [4.69, 9.17) is 16.3 Å². The highest BCUT2D eigenvalue weighted by atomic mass is 35.5. The smallest absolute Gasteiger partial charge is 0.156 e. The number of aromatic nitrogens is 3. The molecule has 1 N–H and O–H groups in total. The van der Waals surface area contributed by atoms with E-state index in [0.29, 0.717) is 5.15 Å². The maximum Gasteiger partial charge on any atom is 0.156 e. The lowest BCUT2D eigenvalue weighted by Gasteiger charge is -2.03. The largest absolute Gasteiger partial charge is 0.370 e. The molecule has 2 aromatic heterocycles. The number of imidazole rings is 1. The van der Waals surface area contributed by atoms with Crippen LogP contribution in [0, 0.1) is 0 Å². The second-order valence-corrected chi connectivity index (χ2v) is 3.98. The predicted octanol–water partition coefficient (Wildman–Crippen LogP) is 2.46. The molecule has 1 aliphatic heterocycles. The zero-order valence-corrected chi connectivity index (χ0v) is 8.79. The minimum atomic E-state index is 0.0912. The van der Waals surface area contributed by atoms with Crippen molar-refractivity contribution in [3.63, 3.8) is 0 Å². The molecule has 0 radical (unpaired) electrons. The SMILES string of the molecule is Clc1nccc2[nH]c([C@@H]3CCCO3)nc12. The van der Waals surface area contributed by atoms with Gasteiger partial charge in [0.25, 0.3) is 0 Å². The summed E-state index contributed by atoms with van der Waals surface area (Å²) in [5.74, 6) is 0.859. The van der Waals surface area contributed by atoms with Gasteiger partial charge in [0, 0.05) is 12.8 Å². The summed E-state index contributed by atoms with van der Waals surface area (Å²) in [6.07, 6.45) is 3.87. The molecule has 15 heavy (non-hydrogen) atoms. The Morgan fingerprint density at radius 2 is 2.47 bits per heavy atom. The molecule has 3 rings (SSSR count). The summed E-state index contributed by atoms with van der Waals surface area (Å²) in [4.78, 5) is 11.6. The number of fused-ring (bicyclic) bond motifs is 1. The Labute approximate surface area is 91.6 Å².